The Morgan fingerprint density at radius 3 is 1.79 bits per heavy atom. The number of aliphatic hydroxyl groups is 4. The maximum Gasteiger partial charge on any atom is 0.213 e. The summed E-state index contributed by atoms with van der Waals surface area (Å²) in [4.78, 5) is 48.8. The van der Waals surface area contributed by atoms with Crippen LogP contribution in [0.25, 0.3) is 0 Å². The van der Waals surface area contributed by atoms with Crippen molar-refractivity contribution in [3.63, 3.8) is 0 Å². The summed E-state index contributed by atoms with van der Waals surface area (Å²) < 4.78 is 10.7. The number of carbonyl (C=O) groups is 4. The molecule has 0 aliphatic carbocycles. The van der Waals surface area contributed by atoms with Crippen LogP contribution in [0.1, 0.15) is 41.0 Å². The topological polar surface area (TPSA) is 168 Å². The van der Waals surface area contributed by atoms with Crippen LogP contribution in [0.4, 0.5) is 0 Å². The van der Waals surface area contributed by atoms with Crippen molar-refractivity contribution in [2.45, 2.75) is 81.4 Å². The first-order chi connectivity index (χ1) is 12.6. The second-order valence-electron chi connectivity index (χ2n) is 6.81. The largest absolute Gasteiger partial charge is 0.382 e. The van der Waals surface area contributed by atoms with E-state index in [9.17, 15) is 39.6 Å². The highest BCUT2D eigenvalue weighted by atomic mass is 79.9. The lowest BCUT2D eigenvalue weighted by atomic mass is 9.60. The van der Waals surface area contributed by atoms with Gasteiger partial charge in [-0.1, -0.05) is 22.9 Å². The Kier molecular flexibility index (Phi) is 7.44. The maximum atomic E-state index is 12.4. The molecule has 1 rings (SSSR count). The molecule has 1 heterocycles. The molecule has 1 aliphatic rings. The summed E-state index contributed by atoms with van der Waals surface area (Å²) in [6.45, 7) is 4.85. The zero-order valence-electron chi connectivity index (χ0n) is 16.1. The summed E-state index contributed by atoms with van der Waals surface area (Å²) in [6.07, 6.45) is -6.22. The van der Waals surface area contributed by atoms with Gasteiger partial charge >= 0.3 is 0 Å². The fourth-order valence-corrected chi connectivity index (χ4v) is 3.48. The number of carbonyl (C=O) groups excluding carboxylic acids is 4. The van der Waals surface area contributed by atoms with Crippen molar-refractivity contribution in [1.29, 1.82) is 0 Å². The van der Waals surface area contributed by atoms with Crippen LogP contribution in [-0.4, -0.2) is 83.9 Å². The average Bonchev–Trinajstić information content (AvgIpc) is 2.60. The summed E-state index contributed by atoms with van der Waals surface area (Å²) in [5, 5.41) is 42.7. The minimum absolute atomic E-state index is 0.281. The van der Waals surface area contributed by atoms with E-state index in [0.29, 0.717) is 0 Å². The Morgan fingerprint density at radius 2 is 1.46 bits per heavy atom. The fourth-order valence-electron chi connectivity index (χ4n) is 3.29. The van der Waals surface area contributed by atoms with Crippen LogP contribution in [0.2, 0.25) is 0 Å². The third-order valence-corrected chi connectivity index (χ3v) is 5.87. The molecule has 0 aromatic heterocycles. The molecular weight excluding hydrogens is 444 g/mol. The zero-order chi connectivity index (χ0) is 22.2. The molecule has 1 fully saturated rings. The van der Waals surface area contributed by atoms with Gasteiger partial charge in [-0.15, -0.1) is 0 Å². The van der Waals surface area contributed by atoms with E-state index in [0.717, 1.165) is 27.7 Å². The molecule has 0 spiro atoms. The number of halogens is 1. The van der Waals surface area contributed by atoms with E-state index in [2.05, 4.69) is 15.9 Å². The van der Waals surface area contributed by atoms with Gasteiger partial charge in [0.05, 0.1) is 0 Å². The molecule has 28 heavy (non-hydrogen) atoms. The highest BCUT2D eigenvalue weighted by Crippen LogP contribution is 2.48. The van der Waals surface area contributed by atoms with Gasteiger partial charge in [0.25, 0.3) is 0 Å². The van der Waals surface area contributed by atoms with Crippen molar-refractivity contribution in [1.82, 2.24) is 0 Å². The molecule has 0 saturated carbocycles. The molecule has 0 radical (unpaired) electrons. The van der Waals surface area contributed by atoms with Gasteiger partial charge in [-0.2, -0.15) is 0 Å². The lowest BCUT2D eigenvalue weighted by Crippen LogP contribution is -2.87. The number of Topliss-reactive ketones (excluding diaryl/α,β-unsaturated/α-hetero) is 4. The number of alkyl halides is 1. The first kappa shape index (κ1) is 25.0. The maximum absolute atomic E-state index is 12.4. The minimum atomic E-state index is -3.48. The van der Waals surface area contributed by atoms with Crippen molar-refractivity contribution in [2.75, 3.05) is 0 Å². The average molecular weight is 469 g/mol. The van der Waals surface area contributed by atoms with Crippen LogP contribution < -0.4 is 0 Å². The summed E-state index contributed by atoms with van der Waals surface area (Å²) in [7, 11) is 0. The van der Waals surface area contributed by atoms with Gasteiger partial charge in [-0.05, 0) is 34.1 Å². The number of hydrogen-bond donors (Lipinski definition) is 4. The van der Waals surface area contributed by atoms with E-state index in [-0.39, 0.29) is 6.42 Å². The minimum Gasteiger partial charge on any atom is -0.382 e. The molecule has 1 aliphatic heterocycles. The number of hydrogen-bond acceptors (Lipinski definition) is 10. The summed E-state index contributed by atoms with van der Waals surface area (Å²) >= 11 is 3.08. The molecule has 11 heteroatoms. The summed E-state index contributed by atoms with van der Waals surface area (Å²) in [6, 6.07) is 0. The van der Waals surface area contributed by atoms with Gasteiger partial charge in [0, 0.05) is 0 Å². The highest BCUT2D eigenvalue weighted by molar-refractivity contribution is 9.09. The molecule has 0 amide bonds. The predicted molar refractivity (Wildman–Crippen MR) is 96.3 cm³/mol. The standard InChI is InChI=1S/C17H25BrO10/c1-6-11(18)27-14-16(25,9(4)21)17(26,10(5)22)15(24,8(3)20)13(28-14)12(23)7(2)19/h11-14,23-26H,6H2,1-5H3/t11?,12?,13-,14?,15+,16+,17+/m1/s1. The molecule has 10 nitrogen and oxygen atoms in total. The monoisotopic (exact) mass is 468 g/mol. The van der Waals surface area contributed by atoms with Crippen LogP contribution in [-0.2, 0) is 28.7 Å². The fraction of sp³-hybridized carbons (Fsp3) is 0.765. The first-order valence-corrected chi connectivity index (χ1v) is 9.39. The van der Waals surface area contributed by atoms with Gasteiger partial charge in [-0.25, -0.2) is 0 Å². The Bertz CT molecular complexity index is 681. The van der Waals surface area contributed by atoms with E-state index in [1.54, 1.807) is 6.92 Å². The van der Waals surface area contributed by atoms with Crippen LogP contribution >= 0.6 is 15.9 Å². The van der Waals surface area contributed by atoms with Gasteiger partial charge < -0.3 is 29.9 Å². The number of ether oxygens (including phenoxy) is 2. The van der Waals surface area contributed by atoms with Gasteiger partial charge in [0.2, 0.25) is 11.2 Å². The number of rotatable bonds is 8. The van der Waals surface area contributed by atoms with Crippen molar-refractivity contribution < 1.29 is 49.1 Å². The second-order valence-corrected chi connectivity index (χ2v) is 7.83. The van der Waals surface area contributed by atoms with Crippen molar-refractivity contribution >= 4 is 39.1 Å². The third kappa shape index (κ3) is 3.38. The van der Waals surface area contributed by atoms with Gasteiger partial charge in [0.1, 0.15) is 17.2 Å². The molecule has 4 N–H and O–H groups in total. The van der Waals surface area contributed by atoms with Crippen LogP contribution in [0, 0.1) is 0 Å². The quantitative estimate of drug-likeness (QED) is 0.316. The van der Waals surface area contributed by atoms with E-state index < -0.39 is 63.4 Å². The smallest absolute Gasteiger partial charge is 0.213 e. The predicted octanol–water partition coefficient (Wildman–Crippen LogP) is -1.23. The van der Waals surface area contributed by atoms with E-state index >= 15 is 0 Å². The number of aliphatic hydroxyl groups excluding tert-OH is 1. The molecule has 0 aromatic carbocycles. The zero-order valence-corrected chi connectivity index (χ0v) is 17.7. The van der Waals surface area contributed by atoms with Crippen LogP contribution in [0.5, 0.6) is 0 Å². The lowest BCUT2D eigenvalue weighted by molar-refractivity contribution is -0.374. The van der Waals surface area contributed by atoms with Crippen molar-refractivity contribution in [3.8, 4) is 0 Å². The molecule has 1 saturated heterocycles. The van der Waals surface area contributed by atoms with E-state index in [4.69, 9.17) is 9.47 Å². The highest BCUT2D eigenvalue weighted by Gasteiger charge is 2.79. The summed E-state index contributed by atoms with van der Waals surface area (Å²) in [5.41, 5.74) is -10.0. The van der Waals surface area contributed by atoms with Gasteiger partial charge in [-0.3, -0.25) is 19.2 Å². The normalized spacial score (nSPS) is 37.8. The Morgan fingerprint density at radius 1 is 1.00 bits per heavy atom. The van der Waals surface area contributed by atoms with E-state index in [1.807, 2.05) is 0 Å². The second kappa shape index (κ2) is 8.34. The Hall–Kier alpha value is -1.08. The SMILES string of the molecule is CCC(Br)OC1O[C@H](C(O)C(C)=O)[C@@](O)(C(C)=O)[C@@](O)(C(C)=O)[C@]1(O)C(C)=O. The van der Waals surface area contributed by atoms with Crippen LogP contribution in [0.15, 0.2) is 0 Å². The molecular formula is C17H25BrO10. The molecule has 0 aromatic rings. The molecule has 3 unspecified atom stereocenters. The van der Waals surface area contributed by atoms with Crippen molar-refractivity contribution in [2.24, 2.45) is 0 Å². The Balaban J connectivity index is 3.90. The third-order valence-electron chi connectivity index (χ3n) is 5.00. The molecule has 7 atom stereocenters. The van der Waals surface area contributed by atoms with Gasteiger partial charge in [0.15, 0.2) is 35.0 Å². The Labute approximate surface area is 169 Å². The first-order valence-electron chi connectivity index (χ1n) is 8.47. The van der Waals surface area contributed by atoms with Crippen LogP contribution in [0.3, 0.4) is 0 Å². The summed E-state index contributed by atoms with van der Waals surface area (Å²) in [5.74, 6) is -4.90. The molecule has 0 bridgehead atoms. The van der Waals surface area contributed by atoms with Crippen molar-refractivity contribution in [3.05, 3.63) is 0 Å². The lowest BCUT2D eigenvalue weighted by Gasteiger charge is -2.58. The molecule has 160 valence electrons. The number of ketones is 4. The van der Waals surface area contributed by atoms with E-state index in [1.165, 1.54) is 0 Å².